The molecular weight excluding hydrogens is 236 g/mol. The second kappa shape index (κ2) is 6.41. The zero-order chi connectivity index (χ0) is 13.7. The van der Waals surface area contributed by atoms with Gasteiger partial charge in [0.2, 0.25) is 0 Å². The number of hydrogen-bond acceptors (Lipinski definition) is 1. The molecule has 2 aromatic rings. The maximum absolute atomic E-state index is 10.9. The van der Waals surface area contributed by atoms with E-state index in [4.69, 9.17) is 0 Å². The number of aromatic amines is 2. The summed E-state index contributed by atoms with van der Waals surface area (Å²) in [6.07, 6.45) is 6.33. The minimum absolute atomic E-state index is 0.314. The summed E-state index contributed by atoms with van der Waals surface area (Å²) < 4.78 is 0. The van der Waals surface area contributed by atoms with Crippen molar-refractivity contribution in [2.24, 2.45) is 5.92 Å². The van der Waals surface area contributed by atoms with Crippen molar-refractivity contribution < 1.29 is 4.79 Å². The van der Waals surface area contributed by atoms with E-state index in [1.165, 1.54) is 18.5 Å². The van der Waals surface area contributed by atoms with Crippen LogP contribution in [0.1, 0.15) is 60.9 Å². The van der Waals surface area contributed by atoms with Crippen LogP contribution in [0.5, 0.6) is 0 Å². The standard InChI is InChI=1S/C16H22N2O/c1-3-6-12(4-2)16(14-7-5-10-17-14)15-9-8-13(11-19)18-15/h5,7-12,16-18H,3-4,6H2,1-2H3. The zero-order valence-electron chi connectivity index (χ0n) is 11.6. The van der Waals surface area contributed by atoms with Crippen LogP contribution in [-0.4, -0.2) is 16.3 Å². The number of carbonyl (C=O) groups excluding carboxylic acids is 1. The summed E-state index contributed by atoms with van der Waals surface area (Å²) in [6.45, 7) is 4.46. The zero-order valence-corrected chi connectivity index (χ0v) is 11.6. The first-order valence-electron chi connectivity index (χ1n) is 7.07. The smallest absolute Gasteiger partial charge is 0.166 e. The van der Waals surface area contributed by atoms with E-state index in [0.717, 1.165) is 18.4 Å². The topological polar surface area (TPSA) is 48.6 Å². The van der Waals surface area contributed by atoms with Gasteiger partial charge in [-0.15, -0.1) is 0 Å². The average Bonchev–Trinajstić information content (AvgIpc) is 3.09. The van der Waals surface area contributed by atoms with Gasteiger partial charge in [0.1, 0.15) is 0 Å². The lowest BCUT2D eigenvalue weighted by molar-refractivity contribution is 0.111. The number of aromatic nitrogens is 2. The van der Waals surface area contributed by atoms with Crippen molar-refractivity contribution in [1.82, 2.24) is 9.97 Å². The molecule has 2 N–H and O–H groups in total. The third kappa shape index (κ3) is 2.98. The van der Waals surface area contributed by atoms with Gasteiger partial charge in [0.05, 0.1) is 5.69 Å². The van der Waals surface area contributed by atoms with Crippen molar-refractivity contribution in [3.05, 3.63) is 47.5 Å². The second-order valence-corrected chi connectivity index (χ2v) is 5.05. The molecule has 3 heteroatoms. The largest absolute Gasteiger partial charge is 0.364 e. The third-order valence-electron chi connectivity index (χ3n) is 3.81. The Balaban J connectivity index is 2.35. The summed E-state index contributed by atoms with van der Waals surface area (Å²) in [4.78, 5) is 17.4. The number of aldehydes is 1. The third-order valence-corrected chi connectivity index (χ3v) is 3.81. The molecule has 2 rings (SSSR count). The Morgan fingerprint density at radius 2 is 2.05 bits per heavy atom. The summed E-state index contributed by atoms with van der Waals surface area (Å²) in [5.41, 5.74) is 3.00. The van der Waals surface area contributed by atoms with Crippen molar-refractivity contribution in [3.63, 3.8) is 0 Å². The molecule has 0 aliphatic carbocycles. The van der Waals surface area contributed by atoms with Crippen LogP contribution in [0.15, 0.2) is 30.5 Å². The molecule has 0 aliphatic rings. The van der Waals surface area contributed by atoms with E-state index in [-0.39, 0.29) is 0 Å². The molecule has 0 spiro atoms. The van der Waals surface area contributed by atoms with Gasteiger partial charge < -0.3 is 9.97 Å². The van der Waals surface area contributed by atoms with Gasteiger partial charge in [-0.1, -0.05) is 26.7 Å². The van der Waals surface area contributed by atoms with Crippen molar-refractivity contribution in [1.29, 1.82) is 0 Å². The van der Waals surface area contributed by atoms with Gasteiger partial charge in [-0.3, -0.25) is 4.79 Å². The van der Waals surface area contributed by atoms with Gasteiger partial charge >= 0.3 is 0 Å². The van der Waals surface area contributed by atoms with Gasteiger partial charge in [0, 0.05) is 23.5 Å². The summed E-state index contributed by atoms with van der Waals surface area (Å²) in [6, 6.07) is 8.06. The Hall–Kier alpha value is -1.77. The normalized spacial score (nSPS) is 14.2. The summed E-state index contributed by atoms with van der Waals surface area (Å²) in [7, 11) is 0. The van der Waals surface area contributed by atoms with E-state index in [2.05, 4.69) is 29.9 Å². The van der Waals surface area contributed by atoms with Gasteiger partial charge in [0.15, 0.2) is 6.29 Å². The van der Waals surface area contributed by atoms with Crippen LogP contribution < -0.4 is 0 Å². The molecule has 0 bridgehead atoms. The molecule has 0 amide bonds. The van der Waals surface area contributed by atoms with E-state index in [1.54, 1.807) is 0 Å². The van der Waals surface area contributed by atoms with E-state index < -0.39 is 0 Å². The van der Waals surface area contributed by atoms with Gasteiger partial charge in [-0.2, -0.15) is 0 Å². The maximum atomic E-state index is 10.9. The second-order valence-electron chi connectivity index (χ2n) is 5.05. The highest BCUT2D eigenvalue weighted by Gasteiger charge is 2.25. The SMILES string of the molecule is CCCC(CC)C(c1ccc[nH]1)c1ccc(C=O)[nH]1. The van der Waals surface area contributed by atoms with Crippen molar-refractivity contribution in [3.8, 4) is 0 Å². The highest BCUT2D eigenvalue weighted by molar-refractivity contribution is 5.72. The van der Waals surface area contributed by atoms with Crippen molar-refractivity contribution >= 4 is 6.29 Å². The minimum atomic E-state index is 0.314. The highest BCUT2D eigenvalue weighted by Crippen LogP contribution is 2.35. The first kappa shape index (κ1) is 13.7. The predicted octanol–water partition coefficient (Wildman–Crippen LogP) is 4.11. The molecule has 2 unspecified atom stereocenters. The number of nitrogens with one attached hydrogen (secondary N) is 2. The number of carbonyl (C=O) groups is 1. The molecule has 0 aliphatic heterocycles. The van der Waals surface area contributed by atoms with Crippen LogP contribution >= 0.6 is 0 Å². The quantitative estimate of drug-likeness (QED) is 0.721. The fourth-order valence-electron chi connectivity index (χ4n) is 2.87. The Kier molecular flexibility index (Phi) is 4.61. The molecule has 0 fully saturated rings. The molecule has 2 aromatic heterocycles. The molecule has 0 saturated heterocycles. The van der Waals surface area contributed by atoms with Gasteiger partial charge in [-0.25, -0.2) is 0 Å². The van der Waals surface area contributed by atoms with E-state index in [9.17, 15) is 4.79 Å². The molecule has 102 valence electrons. The molecule has 0 aromatic carbocycles. The molecule has 2 heterocycles. The lowest BCUT2D eigenvalue weighted by Crippen LogP contribution is -2.15. The maximum Gasteiger partial charge on any atom is 0.166 e. The van der Waals surface area contributed by atoms with Crippen LogP contribution in [-0.2, 0) is 0 Å². The number of hydrogen-bond donors (Lipinski definition) is 2. The van der Waals surface area contributed by atoms with E-state index in [1.807, 2.05) is 24.4 Å². The minimum Gasteiger partial charge on any atom is -0.364 e. The molecule has 0 saturated carbocycles. The molecular formula is C16H22N2O. The Morgan fingerprint density at radius 3 is 2.58 bits per heavy atom. The molecule has 3 nitrogen and oxygen atoms in total. The Morgan fingerprint density at radius 1 is 1.21 bits per heavy atom. The first-order valence-corrected chi connectivity index (χ1v) is 7.07. The van der Waals surface area contributed by atoms with Crippen molar-refractivity contribution in [2.75, 3.05) is 0 Å². The van der Waals surface area contributed by atoms with Crippen LogP contribution in [0.3, 0.4) is 0 Å². The number of H-pyrrole nitrogens is 2. The molecule has 2 atom stereocenters. The van der Waals surface area contributed by atoms with Gasteiger partial charge in [-0.05, 0) is 36.6 Å². The summed E-state index contributed by atoms with van der Waals surface area (Å²) in [5, 5.41) is 0. The van der Waals surface area contributed by atoms with E-state index in [0.29, 0.717) is 17.5 Å². The lowest BCUT2D eigenvalue weighted by atomic mass is 9.82. The van der Waals surface area contributed by atoms with Crippen LogP contribution in [0.4, 0.5) is 0 Å². The molecule has 0 radical (unpaired) electrons. The monoisotopic (exact) mass is 258 g/mol. The van der Waals surface area contributed by atoms with E-state index >= 15 is 0 Å². The number of rotatable bonds is 7. The Labute approximate surface area is 114 Å². The van der Waals surface area contributed by atoms with Crippen LogP contribution in [0.25, 0.3) is 0 Å². The van der Waals surface area contributed by atoms with Gasteiger partial charge in [0.25, 0.3) is 0 Å². The van der Waals surface area contributed by atoms with Crippen molar-refractivity contribution in [2.45, 2.75) is 39.0 Å². The summed E-state index contributed by atoms with van der Waals surface area (Å²) >= 11 is 0. The highest BCUT2D eigenvalue weighted by atomic mass is 16.1. The first-order chi connectivity index (χ1) is 9.30. The average molecular weight is 258 g/mol. The van der Waals surface area contributed by atoms with Crippen LogP contribution in [0, 0.1) is 5.92 Å². The fourth-order valence-corrected chi connectivity index (χ4v) is 2.87. The predicted molar refractivity (Wildman–Crippen MR) is 77.5 cm³/mol. The Bertz CT molecular complexity index is 499. The fraction of sp³-hybridized carbons (Fsp3) is 0.438. The molecule has 19 heavy (non-hydrogen) atoms. The van der Waals surface area contributed by atoms with Crippen LogP contribution in [0.2, 0.25) is 0 Å². The summed E-state index contributed by atoms with van der Waals surface area (Å²) in [5.74, 6) is 0.899. The lowest BCUT2D eigenvalue weighted by Gasteiger charge is -2.24.